The SMILES string of the molecule is COc1cccc2cc(C(=O)NCC3(O)CCCC3)c(=O)oc12. The van der Waals surface area contributed by atoms with Crippen LogP contribution in [0.25, 0.3) is 11.0 Å². The van der Waals surface area contributed by atoms with Crippen molar-refractivity contribution in [2.75, 3.05) is 13.7 Å². The first-order valence-electron chi connectivity index (χ1n) is 7.64. The van der Waals surface area contributed by atoms with Crippen LogP contribution >= 0.6 is 0 Å². The van der Waals surface area contributed by atoms with Gasteiger partial charge in [-0.3, -0.25) is 4.79 Å². The number of carbonyl (C=O) groups is 1. The fourth-order valence-corrected chi connectivity index (χ4v) is 2.99. The van der Waals surface area contributed by atoms with Gasteiger partial charge in [-0.15, -0.1) is 0 Å². The van der Waals surface area contributed by atoms with Crippen molar-refractivity contribution in [3.63, 3.8) is 0 Å². The highest BCUT2D eigenvalue weighted by molar-refractivity contribution is 5.97. The zero-order valence-electron chi connectivity index (χ0n) is 12.9. The molecule has 0 spiro atoms. The maximum atomic E-state index is 12.2. The van der Waals surface area contributed by atoms with Gasteiger partial charge in [0.05, 0.1) is 12.7 Å². The Hall–Kier alpha value is -2.34. The normalized spacial score (nSPS) is 16.4. The number of benzene rings is 1. The van der Waals surface area contributed by atoms with Gasteiger partial charge in [0.2, 0.25) is 0 Å². The molecule has 122 valence electrons. The van der Waals surface area contributed by atoms with Crippen molar-refractivity contribution in [1.82, 2.24) is 5.32 Å². The summed E-state index contributed by atoms with van der Waals surface area (Å²) >= 11 is 0. The van der Waals surface area contributed by atoms with E-state index in [-0.39, 0.29) is 12.1 Å². The second-order valence-corrected chi connectivity index (χ2v) is 5.94. The molecule has 6 nitrogen and oxygen atoms in total. The van der Waals surface area contributed by atoms with E-state index in [0.29, 0.717) is 29.6 Å². The third kappa shape index (κ3) is 3.07. The lowest BCUT2D eigenvalue weighted by Crippen LogP contribution is -2.41. The van der Waals surface area contributed by atoms with Gasteiger partial charge in [0.1, 0.15) is 5.56 Å². The molecule has 1 aromatic heterocycles. The van der Waals surface area contributed by atoms with Crippen molar-refractivity contribution < 1.29 is 19.1 Å². The smallest absolute Gasteiger partial charge is 0.349 e. The highest BCUT2D eigenvalue weighted by Gasteiger charge is 2.31. The van der Waals surface area contributed by atoms with E-state index in [2.05, 4.69) is 5.32 Å². The number of rotatable bonds is 4. The minimum absolute atomic E-state index is 0.0765. The Morgan fingerprint density at radius 2 is 2.13 bits per heavy atom. The van der Waals surface area contributed by atoms with Gasteiger partial charge in [-0.2, -0.15) is 0 Å². The summed E-state index contributed by atoms with van der Waals surface area (Å²) in [6.07, 6.45) is 3.22. The summed E-state index contributed by atoms with van der Waals surface area (Å²) in [5.74, 6) is -0.101. The number of aliphatic hydroxyl groups is 1. The molecule has 0 aliphatic heterocycles. The van der Waals surface area contributed by atoms with Gasteiger partial charge >= 0.3 is 5.63 Å². The van der Waals surface area contributed by atoms with Gasteiger partial charge in [-0.1, -0.05) is 25.0 Å². The van der Waals surface area contributed by atoms with Crippen molar-refractivity contribution >= 4 is 16.9 Å². The third-order valence-electron chi connectivity index (χ3n) is 4.30. The van der Waals surface area contributed by atoms with E-state index in [1.807, 2.05) is 0 Å². The van der Waals surface area contributed by atoms with Crippen LogP contribution in [-0.4, -0.2) is 30.3 Å². The van der Waals surface area contributed by atoms with Crippen LogP contribution in [0.3, 0.4) is 0 Å². The molecule has 1 aliphatic rings. The molecule has 0 saturated heterocycles. The van der Waals surface area contributed by atoms with E-state index < -0.39 is 17.1 Å². The van der Waals surface area contributed by atoms with Gasteiger partial charge in [-0.25, -0.2) is 4.79 Å². The molecule has 2 aromatic rings. The number of amides is 1. The molecule has 1 amide bonds. The number of para-hydroxylation sites is 1. The van der Waals surface area contributed by atoms with Crippen LogP contribution in [0.15, 0.2) is 33.5 Å². The van der Waals surface area contributed by atoms with Crippen molar-refractivity contribution in [3.8, 4) is 5.75 Å². The summed E-state index contributed by atoms with van der Waals surface area (Å²) in [7, 11) is 1.48. The predicted octanol–water partition coefficient (Wildman–Crippen LogP) is 1.84. The monoisotopic (exact) mass is 317 g/mol. The topological polar surface area (TPSA) is 88.8 Å². The molecule has 0 unspecified atom stereocenters. The zero-order chi connectivity index (χ0) is 16.4. The van der Waals surface area contributed by atoms with Crippen LogP contribution in [0.2, 0.25) is 0 Å². The Morgan fingerprint density at radius 3 is 2.83 bits per heavy atom. The van der Waals surface area contributed by atoms with Gasteiger partial charge in [0, 0.05) is 11.9 Å². The highest BCUT2D eigenvalue weighted by Crippen LogP contribution is 2.28. The lowest BCUT2D eigenvalue weighted by molar-refractivity contribution is 0.0449. The van der Waals surface area contributed by atoms with Crippen LogP contribution in [0, 0.1) is 0 Å². The summed E-state index contributed by atoms with van der Waals surface area (Å²) in [4.78, 5) is 24.3. The molecule has 1 aromatic carbocycles. The van der Waals surface area contributed by atoms with Gasteiger partial charge in [0.15, 0.2) is 11.3 Å². The molecule has 23 heavy (non-hydrogen) atoms. The predicted molar refractivity (Wildman–Crippen MR) is 84.8 cm³/mol. The lowest BCUT2D eigenvalue weighted by Gasteiger charge is -2.22. The lowest BCUT2D eigenvalue weighted by atomic mass is 10.0. The van der Waals surface area contributed by atoms with Gasteiger partial charge < -0.3 is 19.6 Å². The quantitative estimate of drug-likeness (QED) is 0.840. The van der Waals surface area contributed by atoms with Gasteiger partial charge in [-0.05, 0) is 25.0 Å². The summed E-state index contributed by atoms with van der Waals surface area (Å²) in [6, 6.07) is 6.66. The van der Waals surface area contributed by atoms with E-state index in [9.17, 15) is 14.7 Å². The molecule has 1 aliphatic carbocycles. The van der Waals surface area contributed by atoms with E-state index in [4.69, 9.17) is 9.15 Å². The molecule has 3 rings (SSSR count). The minimum Gasteiger partial charge on any atom is -0.493 e. The largest absolute Gasteiger partial charge is 0.493 e. The van der Waals surface area contributed by atoms with Crippen molar-refractivity contribution in [2.24, 2.45) is 0 Å². The minimum atomic E-state index is -0.865. The number of fused-ring (bicyclic) bond motifs is 1. The number of hydrogen-bond donors (Lipinski definition) is 2. The summed E-state index contributed by atoms with van der Waals surface area (Å²) in [5.41, 5.74) is -1.35. The fourth-order valence-electron chi connectivity index (χ4n) is 2.99. The Bertz CT molecular complexity index is 789. The van der Waals surface area contributed by atoms with Crippen LogP contribution in [0.1, 0.15) is 36.0 Å². The summed E-state index contributed by atoms with van der Waals surface area (Å²) in [6.45, 7) is 0.140. The van der Waals surface area contributed by atoms with Crippen molar-refractivity contribution in [1.29, 1.82) is 0 Å². The van der Waals surface area contributed by atoms with Crippen LogP contribution in [0.4, 0.5) is 0 Å². The third-order valence-corrected chi connectivity index (χ3v) is 4.30. The highest BCUT2D eigenvalue weighted by atomic mass is 16.5. The molecule has 0 radical (unpaired) electrons. The Balaban J connectivity index is 1.86. The van der Waals surface area contributed by atoms with Crippen molar-refractivity contribution in [2.45, 2.75) is 31.3 Å². The Kier molecular flexibility index (Phi) is 4.09. The van der Waals surface area contributed by atoms with E-state index in [1.54, 1.807) is 18.2 Å². The van der Waals surface area contributed by atoms with Crippen molar-refractivity contribution in [3.05, 3.63) is 40.2 Å². The summed E-state index contributed by atoms with van der Waals surface area (Å²) < 4.78 is 10.4. The first-order chi connectivity index (χ1) is 11.0. The van der Waals surface area contributed by atoms with Crippen LogP contribution in [-0.2, 0) is 0 Å². The number of methoxy groups -OCH3 is 1. The molecule has 6 heteroatoms. The second kappa shape index (κ2) is 6.04. The Labute approximate surface area is 133 Å². The molecule has 1 fully saturated rings. The number of nitrogens with one attached hydrogen (secondary N) is 1. The first-order valence-corrected chi connectivity index (χ1v) is 7.64. The number of hydrogen-bond acceptors (Lipinski definition) is 5. The standard InChI is InChI=1S/C17H19NO5/c1-22-13-6-4-5-11-9-12(16(20)23-14(11)13)15(19)18-10-17(21)7-2-3-8-17/h4-6,9,21H,2-3,7-8,10H2,1H3,(H,18,19). The molecule has 1 heterocycles. The van der Waals surface area contributed by atoms with E-state index in [0.717, 1.165) is 12.8 Å². The molecule has 1 saturated carbocycles. The molecular formula is C17H19NO5. The number of ether oxygens (including phenoxy) is 1. The molecule has 2 N–H and O–H groups in total. The van der Waals surface area contributed by atoms with Gasteiger partial charge in [0.25, 0.3) is 5.91 Å². The first kappa shape index (κ1) is 15.6. The molecular weight excluding hydrogens is 298 g/mol. The second-order valence-electron chi connectivity index (χ2n) is 5.94. The van der Waals surface area contributed by atoms with E-state index in [1.165, 1.54) is 13.2 Å². The molecule has 0 atom stereocenters. The Morgan fingerprint density at radius 1 is 1.39 bits per heavy atom. The average molecular weight is 317 g/mol. The van der Waals surface area contributed by atoms with Crippen LogP contribution < -0.4 is 15.7 Å². The van der Waals surface area contributed by atoms with Crippen LogP contribution in [0.5, 0.6) is 5.75 Å². The number of carbonyl (C=O) groups excluding carboxylic acids is 1. The maximum Gasteiger partial charge on any atom is 0.349 e. The molecule has 0 bridgehead atoms. The summed E-state index contributed by atoms with van der Waals surface area (Å²) in [5, 5.41) is 13.5. The fraction of sp³-hybridized carbons (Fsp3) is 0.412. The maximum absolute atomic E-state index is 12.2. The average Bonchev–Trinajstić information content (AvgIpc) is 2.98. The zero-order valence-corrected chi connectivity index (χ0v) is 12.9. The van der Waals surface area contributed by atoms with E-state index >= 15 is 0 Å².